The molecule has 2 heterocycles. The average Bonchev–Trinajstić information content (AvgIpc) is 3.21. The highest BCUT2D eigenvalue weighted by Crippen LogP contribution is 2.37. The molecule has 0 radical (unpaired) electrons. The third-order valence-corrected chi connectivity index (χ3v) is 6.43. The zero-order valence-electron chi connectivity index (χ0n) is 17.3. The van der Waals surface area contributed by atoms with Crippen LogP contribution in [-0.4, -0.2) is 23.6 Å². The highest BCUT2D eigenvalue weighted by Gasteiger charge is 2.35. The Morgan fingerprint density at radius 3 is 2.59 bits per heavy atom. The molecule has 32 heavy (non-hydrogen) atoms. The van der Waals surface area contributed by atoms with Gasteiger partial charge >= 0.3 is 5.97 Å². The standard InChI is InChI=1S/C27H21BrN2O2/c28-22-14-6-4-13-20(22)25-26-21(19-12-5-7-15-23(19)29-26)17-24(30-25)27(31)32-16-8-11-18-9-2-1-3-10-18/h1-7,9-10,12-15,24-25,29-30H,16-17H2. The lowest BCUT2D eigenvalue weighted by molar-refractivity contribution is -0.145. The SMILES string of the molecule is O=C(OCC#Cc1ccccc1)C1Cc2c([nH]c3ccccc23)C(c2ccccc2Br)N1. The molecule has 4 nitrogen and oxygen atoms in total. The van der Waals surface area contributed by atoms with Crippen molar-refractivity contribution in [3.8, 4) is 11.8 Å². The van der Waals surface area contributed by atoms with Crippen LogP contribution in [0.2, 0.25) is 0 Å². The molecule has 5 heteroatoms. The van der Waals surface area contributed by atoms with Crippen molar-refractivity contribution in [1.29, 1.82) is 0 Å². The van der Waals surface area contributed by atoms with E-state index in [0.29, 0.717) is 6.42 Å². The number of hydrogen-bond donors (Lipinski definition) is 2. The van der Waals surface area contributed by atoms with Crippen LogP contribution in [0.5, 0.6) is 0 Å². The van der Waals surface area contributed by atoms with E-state index >= 15 is 0 Å². The number of hydrogen-bond acceptors (Lipinski definition) is 3. The van der Waals surface area contributed by atoms with E-state index in [4.69, 9.17) is 4.74 Å². The van der Waals surface area contributed by atoms with Crippen LogP contribution in [0.3, 0.4) is 0 Å². The molecule has 4 aromatic rings. The van der Waals surface area contributed by atoms with Crippen LogP contribution >= 0.6 is 15.9 Å². The number of aromatic amines is 1. The quantitative estimate of drug-likeness (QED) is 0.313. The lowest BCUT2D eigenvalue weighted by Crippen LogP contribution is -2.46. The van der Waals surface area contributed by atoms with Gasteiger partial charge in [0.1, 0.15) is 6.04 Å². The molecular weight excluding hydrogens is 464 g/mol. The minimum Gasteiger partial charge on any atom is -0.451 e. The lowest BCUT2D eigenvalue weighted by atomic mass is 9.90. The Bertz CT molecular complexity index is 1330. The molecule has 0 aliphatic carbocycles. The van der Waals surface area contributed by atoms with Crippen LogP contribution in [0.4, 0.5) is 0 Å². The topological polar surface area (TPSA) is 54.1 Å². The zero-order valence-corrected chi connectivity index (χ0v) is 18.9. The van der Waals surface area contributed by atoms with E-state index in [1.54, 1.807) is 0 Å². The number of carbonyl (C=O) groups is 1. The Morgan fingerprint density at radius 1 is 1.00 bits per heavy atom. The summed E-state index contributed by atoms with van der Waals surface area (Å²) in [6, 6.07) is 25.3. The summed E-state index contributed by atoms with van der Waals surface area (Å²) in [5.41, 5.74) is 5.28. The van der Waals surface area contributed by atoms with Crippen molar-refractivity contribution in [2.24, 2.45) is 0 Å². The maximum absolute atomic E-state index is 13.0. The van der Waals surface area contributed by atoms with Gasteiger partial charge in [0.05, 0.1) is 6.04 Å². The Labute approximate surface area is 195 Å². The second-order valence-electron chi connectivity index (χ2n) is 7.72. The summed E-state index contributed by atoms with van der Waals surface area (Å²) in [6.07, 6.45) is 0.561. The summed E-state index contributed by atoms with van der Waals surface area (Å²) >= 11 is 3.67. The number of ether oxygens (including phenoxy) is 1. The number of carbonyl (C=O) groups excluding carboxylic acids is 1. The Balaban J connectivity index is 1.41. The number of H-pyrrole nitrogens is 1. The van der Waals surface area contributed by atoms with Gasteiger partial charge in [0.25, 0.3) is 0 Å². The molecule has 2 atom stereocenters. The Kier molecular flexibility index (Phi) is 5.81. The lowest BCUT2D eigenvalue weighted by Gasteiger charge is -2.31. The van der Waals surface area contributed by atoms with E-state index in [-0.39, 0.29) is 18.6 Å². The molecule has 2 N–H and O–H groups in total. The van der Waals surface area contributed by atoms with Gasteiger partial charge in [0.2, 0.25) is 0 Å². The van der Waals surface area contributed by atoms with Crippen molar-refractivity contribution in [1.82, 2.24) is 10.3 Å². The van der Waals surface area contributed by atoms with Crippen molar-refractivity contribution in [3.63, 3.8) is 0 Å². The first-order valence-corrected chi connectivity index (χ1v) is 11.3. The van der Waals surface area contributed by atoms with Gasteiger partial charge < -0.3 is 9.72 Å². The van der Waals surface area contributed by atoms with Crippen LogP contribution in [0.1, 0.15) is 28.4 Å². The highest BCUT2D eigenvalue weighted by molar-refractivity contribution is 9.10. The molecule has 0 bridgehead atoms. The first-order chi connectivity index (χ1) is 15.7. The van der Waals surface area contributed by atoms with E-state index in [9.17, 15) is 4.79 Å². The van der Waals surface area contributed by atoms with Crippen LogP contribution in [-0.2, 0) is 16.0 Å². The monoisotopic (exact) mass is 484 g/mol. The minimum atomic E-state index is -0.461. The molecule has 1 aliphatic heterocycles. The predicted molar refractivity (Wildman–Crippen MR) is 129 cm³/mol. The van der Waals surface area contributed by atoms with Gasteiger partial charge in [0, 0.05) is 33.1 Å². The first-order valence-electron chi connectivity index (χ1n) is 10.5. The number of aromatic nitrogens is 1. The molecule has 1 aromatic heterocycles. The fraction of sp³-hybridized carbons (Fsp3) is 0.148. The Morgan fingerprint density at radius 2 is 1.75 bits per heavy atom. The van der Waals surface area contributed by atoms with Gasteiger partial charge in [0.15, 0.2) is 6.61 Å². The van der Waals surface area contributed by atoms with Crippen LogP contribution in [0, 0.1) is 11.8 Å². The summed E-state index contributed by atoms with van der Waals surface area (Å²) in [7, 11) is 0. The normalized spacial score (nSPS) is 17.3. The van der Waals surface area contributed by atoms with E-state index < -0.39 is 6.04 Å². The van der Waals surface area contributed by atoms with Gasteiger partial charge in [-0.05, 0) is 35.4 Å². The highest BCUT2D eigenvalue weighted by atomic mass is 79.9. The van der Waals surface area contributed by atoms with Crippen LogP contribution in [0.25, 0.3) is 10.9 Å². The number of nitrogens with one attached hydrogen (secondary N) is 2. The fourth-order valence-electron chi connectivity index (χ4n) is 4.21. The summed E-state index contributed by atoms with van der Waals surface area (Å²) in [5.74, 6) is 5.66. The second kappa shape index (κ2) is 9.04. The molecule has 5 rings (SSSR count). The number of esters is 1. The molecule has 0 saturated heterocycles. The molecule has 0 amide bonds. The predicted octanol–water partition coefficient (Wildman–Crippen LogP) is 5.13. The molecule has 1 aliphatic rings. The van der Waals surface area contributed by atoms with Gasteiger partial charge in [-0.1, -0.05) is 82.4 Å². The number of benzene rings is 3. The van der Waals surface area contributed by atoms with Crippen molar-refractivity contribution >= 4 is 32.8 Å². The summed E-state index contributed by atoms with van der Waals surface area (Å²) in [6.45, 7) is 0.0619. The first kappa shape index (κ1) is 20.6. The molecule has 2 unspecified atom stereocenters. The maximum atomic E-state index is 13.0. The summed E-state index contributed by atoms with van der Waals surface area (Å²) in [5, 5.41) is 4.64. The van der Waals surface area contributed by atoms with Crippen LogP contribution < -0.4 is 5.32 Å². The maximum Gasteiger partial charge on any atom is 0.324 e. The number of fused-ring (bicyclic) bond motifs is 3. The van der Waals surface area contributed by atoms with E-state index in [1.807, 2.05) is 60.7 Å². The van der Waals surface area contributed by atoms with Crippen molar-refractivity contribution < 1.29 is 9.53 Å². The Hall–Kier alpha value is -3.33. The fourth-order valence-corrected chi connectivity index (χ4v) is 4.72. The largest absolute Gasteiger partial charge is 0.451 e. The zero-order chi connectivity index (χ0) is 21.9. The molecule has 158 valence electrons. The van der Waals surface area contributed by atoms with Gasteiger partial charge in [-0.25, -0.2) is 0 Å². The van der Waals surface area contributed by atoms with Gasteiger partial charge in [-0.3, -0.25) is 10.1 Å². The number of halogens is 1. The molecular formula is C27H21BrN2O2. The van der Waals surface area contributed by atoms with Crippen molar-refractivity contribution in [2.75, 3.05) is 6.61 Å². The van der Waals surface area contributed by atoms with Gasteiger partial charge in [-0.15, -0.1) is 0 Å². The third kappa shape index (κ3) is 4.08. The number of para-hydroxylation sites is 1. The average molecular weight is 485 g/mol. The summed E-state index contributed by atoms with van der Waals surface area (Å²) in [4.78, 5) is 16.5. The molecule has 0 saturated carbocycles. The van der Waals surface area contributed by atoms with E-state index in [1.165, 1.54) is 0 Å². The molecule has 3 aromatic carbocycles. The number of rotatable bonds is 3. The minimum absolute atomic E-state index is 0.0619. The van der Waals surface area contributed by atoms with E-state index in [2.05, 4.69) is 56.3 Å². The van der Waals surface area contributed by atoms with Crippen molar-refractivity contribution in [2.45, 2.75) is 18.5 Å². The van der Waals surface area contributed by atoms with E-state index in [0.717, 1.165) is 37.8 Å². The van der Waals surface area contributed by atoms with Gasteiger partial charge in [-0.2, -0.15) is 0 Å². The summed E-state index contributed by atoms with van der Waals surface area (Å²) < 4.78 is 6.51. The van der Waals surface area contributed by atoms with Crippen LogP contribution in [0.15, 0.2) is 83.3 Å². The van der Waals surface area contributed by atoms with Crippen molar-refractivity contribution in [3.05, 3.63) is 106 Å². The smallest absolute Gasteiger partial charge is 0.324 e. The molecule has 0 fully saturated rings. The third-order valence-electron chi connectivity index (χ3n) is 5.71. The second-order valence-corrected chi connectivity index (χ2v) is 8.57. The molecule has 0 spiro atoms.